The highest BCUT2D eigenvalue weighted by molar-refractivity contribution is 6.29. The van der Waals surface area contributed by atoms with E-state index in [9.17, 15) is 14.0 Å². The van der Waals surface area contributed by atoms with Crippen LogP contribution in [0.4, 0.5) is 9.18 Å². The van der Waals surface area contributed by atoms with E-state index in [1.807, 2.05) is 0 Å². The summed E-state index contributed by atoms with van der Waals surface area (Å²) in [5, 5.41) is 0.0642. The summed E-state index contributed by atoms with van der Waals surface area (Å²) in [6.07, 6.45) is 0.00331. The second kappa shape index (κ2) is 6.20. The molecule has 120 valence electrons. The molecule has 0 radical (unpaired) electrons. The molecule has 1 aliphatic rings. The van der Waals surface area contributed by atoms with Crippen LogP contribution in [-0.4, -0.2) is 34.0 Å². The number of pyridine rings is 1. The van der Waals surface area contributed by atoms with E-state index in [-0.39, 0.29) is 24.0 Å². The van der Waals surface area contributed by atoms with Crippen molar-refractivity contribution in [3.05, 3.63) is 28.8 Å². The predicted molar refractivity (Wildman–Crippen MR) is 79.0 cm³/mol. The van der Waals surface area contributed by atoms with Gasteiger partial charge in [-0.3, -0.25) is 4.79 Å². The fourth-order valence-electron chi connectivity index (χ4n) is 2.29. The van der Waals surface area contributed by atoms with Crippen molar-refractivity contribution >= 4 is 23.6 Å². The quantitative estimate of drug-likeness (QED) is 0.782. The highest BCUT2D eigenvalue weighted by Gasteiger charge is 2.38. The van der Waals surface area contributed by atoms with Crippen LogP contribution in [0.3, 0.4) is 0 Å². The van der Waals surface area contributed by atoms with E-state index in [2.05, 4.69) is 4.98 Å². The van der Waals surface area contributed by atoms with Crippen molar-refractivity contribution < 1.29 is 18.7 Å². The molecule has 0 bridgehead atoms. The Balaban J connectivity index is 2.04. The van der Waals surface area contributed by atoms with E-state index in [0.29, 0.717) is 12.0 Å². The second-order valence-electron chi connectivity index (χ2n) is 6.24. The van der Waals surface area contributed by atoms with Crippen LogP contribution in [0, 0.1) is 11.9 Å². The molecule has 7 heteroatoms. The zero-order valence-electron chi connectivity index (χ0n) is 12.7. The number of carbonyl (C=O) groups excluding carboxylic acids is 2. The van der Waals surface area contributed by atoms with Gasteiger partial charge in [0.05, 0.1) is 0 Å². The summed E-state index contributed by atoms with van der Waals surface area (Å²) in [6, 6.07) is 2.99. The van der Waals surface area contributed by atoms with E-state index >= 15 is 0 Å². The number of carbonyl (C=O) groups is 2. The molecule has 0 N–H and O–H groups in total. The van der Waals surface area contributed by atoms with Crippen LogP contribution >= 0.6 is 11.6 Å². The smallest absolute Gasteiger partial charge is 0.417 e. The summed E-state index contributed by atoms with van der Waals surface area (Å²) in [5.74, 6) is -1.48. The molecule has 0 aromatic carbocycles. The lowest BCUT2D eigenvalue weighted by Gasteiger charge is -2.23. The number of ether oxygens (including phenoxy) is 1. The van der Waals surface area contributed by atoms with Crippen molar-refractivity contribution in [1.29, 1.82) is 0 Å². The van der Waals surface area contributed by atoms with E-state index < -0.39 is 23.6 Å². The molecule has 1 aliphatic heterocycles. The highest BCUT2D eigenvalue weighted by atomic mass is 35.5. The number of aromatic nitrogens is 1. The molecule has 1 aromatic heterocycles. The minimum absolute atomic E-state index is 0.0642. The lowest BCUT2D eigenvalue weighted by molar-refractivity contribution is -0.130. The number of halogens is 2. The Bertz CT molecular complexity index is 601. The molecule has 1 aromatic rings. The van der Waals surface area contributed by atoms with Crippen molar-refractivity contribution in [2.75, 3.05) is 6.54 Å². The molecule has 1 saturated heterocycles. The van der Waals surface area contributed by atoms with Gasteiger partial charge in [-0.15, -0.1) is 0 Å². The topological polar surface area (TPSA) is 59.5 Å². The van der Waals surface area contributed by atoms with Crippen LogP contribution in [0.1, 0.15) is 32.8 Å². The van der Waals surface area contributed by atoms with Crippen LogP contribution in [0.25, 0.3) is 0 Å². The van der Waals surface area contributed by atoms with Gasteiger partial charge in [0.25, 0.3) is 0 Å². The van der Waals surface area contributed by atoms with E-state index in [4.69, 9.17) is 16.3 Å². The monoisotopic (exact) mass is 328 g/mol. The van der Waals surface area contributed by atoms with Crippen LogP contribution in [0.2, 0.25) is 5.15 Å². The zero-order valence-corrected chi connectivity index (χ0v) is 13.5. The normalized spacial score (nSPS) is 18.7. The highest BCUT2D eigenvalue weighted by Crippen LogP contribution is 2.25. The number of nitrogens with zero attached hydrogens (tertiary/aromatic N) is 2. The maximum atomic E-state index is 13.7. The van der Waals surface area contributed by atoms with Gasteiger partial charge in [-0.2, -0.15) is 4.39 Å². The lowest BCUT2D eigenvalue weighted by Crippen LogP contribution is -2.38. The molecule has 2 rings (SSSR count). The molecule has 5 nitrogen and oxygen atoms in total. The fourth-order valence-corrected chi connectivity index (χ4v) is 2.42. The first-order valence-corrected chi connectivity index (χ1v) is 7.40. The van der Waals surface area contributed by atoms with Gasteiger partial charge in [0, 0.05) is 18.0 Å². The number of rotatable bonds is 2. The number of imide groups is 1. The molecule has 2 heterocycles. The molecule has 1 unspecified atom stereocenters. The second-order valence-corrected chi connectivity index (χ2v) is 6.63. The summed E-state index contributed by atoms with van der Waals surface area (Å²) < 4.78 is 18.9. The first kappa shape index (κ1) is 16.7. The summed E-state index contributed by atoms with van der Waals surface area (Å²) >= 11 is 5.60. The molecule has 1 fully saturated rings. The number of hydrogen-bond acceptors (Lipinski definition) is 4. The summed E-state index contributed by atoms with van der Waals surface area (Å²) in [6.45, 7) is 5.48. The van der Waals surface area contributed by atoms with Crippen molar-refractivity contribution in [3.8, 4) is 0 Å². The van der Waals surface area contributed by atoms with Crippen LogP contribution in [-0.2, 0) is 16.0 Å². The summed E-state index contributed by atoms with van der Waals surface area (Å²) in [4.78, 5) is 28.8. The standard InChI is InChI=1S/C15H18ClFN2O3/c1-15(2,3)22-14(21)19-7-6-10(13(19)20)8-9-4-5-11(16)18-12(9)17/h4-5,10H,6-8H2,1-3H3. The minimum atomic E-state index is -0.684. The largest absolute Gasteiger partial charge is 0.443 e. The Morgan fingerprint density at radius 2 is 2.18 bits per heavy atom. The average molecular weight is 329 g/mol. The fraction of sp³-hybridized carbons (Fsp3) is 0.533. The average Bonchev–Trinajstić information content (AvgIpc) is 2.72. The third kappa shape index (κ3) is 3.94. The first-order valence-electron chi connectivity index (χ1n) is 7.02. The van der Waals surface area contributed by atoms with Crippen molar-refractivity contribution in [2.45, 2.75) is 39.2 Å². The van der Waals surface area contributed by atoms with E-state index in [0.717, 1.165) is 4.90 Å². The molecule has 2 amide bonds. The molecule has 0 saturated carbocycles. The van der Waals surface area contributed by atoms with Gasteiger partial charge in [0.1, 0.15) is 10.8 Å². The molecular weight excluding hydrogens is 311 g/mol. The Morgan fingerprint density at radius 3 is 2.77 bits per heavy atom. The van der Waals surface area contributed by atoms with Gasteiger partial charge in [0.2, 0.25) is 11.9 Å². The van der Waals surface area contributed by atoms with Crippen molar-refractivity contribution in [3.63, 3.8) is 0 Å². The van der Waals surface area contributed by atoms with Crippen LogP contribution in [0.5, 0.6) is 0 Å². The molecular formula is C15H18ClFN2O3. The Kier molecular flexibility index (Phi) is 4.70. The lowest BCUT2D eigenvalue weighted by atomic mass is 9.99. The third-order valence-corrected chi connectivity index (χ3v) is 3.50. The third-order valence-electron chi connectivity index (χ3n) is 3.29. The van der Waals surface area contributed by atoms with Gasteiger partial charge in [-0.05, 0) is 39.7 Å². The molecule has 0 spiro atoms. The van der Waals surface area contributed by atoms with E-state index in [1.165, 1.54) is 12.1 Å². The molecule has 22 heavy (non-hydrogen) atoms. The van der Waals surface area contributed by atoms with Gasteiger partial charge in [0.15, 0.2) is 0 Å². The van der Waals surface area contributed by atoms with Gasteiger partial charge in [-0.1, -0.05) is 17.7 Å². The minimum Gasteiger partial charge on any atom is -0.443 e. The van der Waals surface area contributed by atoms with Crippen LogP contribution in [0.15, 0.2) is 12.1 Å². The number of hydrogen-bond donors (Lipinski definition) is 0. The Labute approximate surface area is 133 Å². The Hall–Kier alpha value is -1.69. The SMILES string of the molecule is CC(C)(C)OC(=O)N1CCC(Cc2ccc(Cl)nc2F)C1=O. The maximum Gasteiger partial charge on any atom is 0.417 e. The van der Waals surface area contributed by atoms with Gasteiger partial charge >= 0.3 is 6.09 Å². The van der Waals surface area contributed by atoms with Gasteiger partial charge < -0.3 is 4.74 Å². The van der Waals surface area contributed by atoms with Crippen molar-refractivity contribution in [1.82, 2.24) is 9.88 Å². The van der Waals surface area contributed by atoms with E-state index in [1.54, 1.807) is 20.8 Å². The number of amides is 2. The first-order chi connectivity index (χ1) is 10.2. The summed E-state index contributed by atoms with van der Waals surface area (Å²) in [7, 11) is 0. The number of likely N-dealkylation sites (tertiary alicyclic amines) is 1. The van der Waals surface area contributed by atoms with Gasteiger partial charge in [-0.25, -0.2) is 14.7 Å². The van der Waals surface area contributed by atoms with Crippen LogP contribution < -0.4 is 0 Å². The Morgan fingerprint density at radius 1 is 1.50 bits per heavy atom. The zero-order chi connectivity index (χ0) is 16.5. The van der Waals surface area contributed by atoms with Crippen molar-refractivity contribution in [2.24, 2.45) is 5.92 Å². The molecule has 0 aliphatic carbocycles. The predicted octanol–water partition coefficient (Wildman–Crippen LogP) is 3.20. The summed E-state index contributed by atoms with van der Waals surface area (Å²) in [5.41, 5.74) is -0.351. The maximum absolute atomic E-state index is 13.7. The molecule has 1 atom stereocenters.